The lowest BCUT2D eigenvalue weighted by molar-refractivity contribution is -0.100. The second-order valence-electron chi connectivity index (χ2n) is 7.43. The van der Waals surface area contributed by atoms with E-state index in [1.54, 1.807) is 0 Å². The maximum absolute atomic E-state index is 5.61. The first-order valence-corrected chi connectivity index (χ1v) is 8.83. The summed E-state index contributed by atoms with van der Waals surface area (Å²) < 4.78 is 7.83. The number of fused-ring (bicyclic) bond motifs is 1. The number of rotatable bonds is 2. The average Bonchev–Trinajstić information content (AvgIpc) is 2.99. The normalized spacial score (nSPS) is 33.1. The summed E-state index contributed by atoms with van der Waals surface area (Å²) in [5.41, 5.74) is 2.09. The standard InChI is InChI=1S/C18H26N4O/c1-14-11-15(2)13-18(12-14,21-7-9-23-10-8-21)22-17-6-4-3-5-16(17)19-20-22/h3-6,14-15H,7-13H2,1-2H3. The molecule has 5 heteroatoms. The summed E-state index contributed by atoms with van der Waals surface area (Å²) in [4.78, 5) is 2.60. The lowest BCUT2D eigenvalue weighted by atomic mass is 9.75. The minimum absolute atomic E-state index is 0.0586. The van der Waals surface area contributed by atoms with E-state index >= 15 is 0 Å². The molecule has 0 N–H and O–H groups in total. The predicted octanol–water partition coefficient (Wildman–Crippen LogP) is 2.87. The molecule has 0 bridgehead atoms. The van der Waals surface area contributed by atoms with Crippen LogP contribution in [0.4, 0.5) is 0 Å². The monoisotopic (exact) mass is 314 g/mol. The summed E-state index contributed by atoms with van der Waals surface area (Å²) in [5, 5.41) is 9.06. The zero-order chi connectivity index (χ0) is 15.9. The molecule has 5 nitrogen and oxygen atoms in total. The number of ether oxygens (including phenoxy) is 1. The highest BCUT2D eigenvalue weighted by Gasteiger charge is 2.46. The summed E-state index contributed by atoms with van der Waals surface area (Å²) in [6.45, 7) is 8.35. The molecule has 0 amide bonds. The second kappa shape index (κ2) is 5.87. The third-order valence-electron chi connectivity index (χ3n) is 5.50. The molecule has 124 valence electrons. The topological polar surface area (TPSA) is 43.2 Å². The van der Waals surface area contributed by atoms with Gasteiger partial charge in [0.1, 0.15) is 11.2 Å². The fourth-order valence-electron chi connectivity index (χ4n) is 4.77. The number of nitrogens with zero attached hydrogens (tertiary/aromatic N) is 4. The van der Waals surface area contributed by atoms with Crippen LogP contribution in [0.25, 0.3) is 11.0 Å². The quantitative estimate of drug-likeness (QED) is 0.855. The van der Waals surface area contributed by atoms with Crippen molar-refractivity contribution in [3.63, 3.8) is 0 Å². The summed E-state index contributed by atoms with van der Waals surface area (Å²) in [6.07, 6.45) is 3.59. The van der Waals surface area contributed by atoms with Crippen molar-refractivity contribution in [3.05, 3.63) is 24.3 Å². The molecule has 1 aliphatic carbocycles. The van der Waals surface area contributed by atoms with Gasteiger partial charge in [-0.25, -0.2) is 4.68 Å². The summed E-state index contributed by atoms with van der Waals surface area (Å²) in [7, 11) is 0. The number of hydrogen-bond donors (Lipinski definition) is 0. The summed E-state index contributed by atoms with van der Waals surface area (Å²) in [6, 6.07) is 8.34. The fourth-order valence-corrected chi connectivity index (χ4v) is 4.77. The first kappa shape index (κ1) is 15.1. The van der Waals surface area contributed by atoms with Crippen molar-refractivity contribution in [1.29, 1.82) is 0 Å². The van der Waals surface area contributed by atoms with Gasteiger partial charge >= 0.3 is 0 Å². The van der Waals surface area contributed by atoms with Crippen LogP contribution in [0.3, 0.4) is 0 Å². The highest BCUT2D eigenvalue weighted by molar-refractivity contribution is 5.74. The Hall–Kier alpha value is -1.46. The van der Waals surface area contributed by atoms with Gasteiger partial charge < -0.3 is 4.74 Å². The van der Waals surface area contributed by atoms with Crippen LogP contribution in [0.2, 0.25) is 0 Å². The highest BCUT2D eigenvalue weighted by atomic mass is 16.5. The minimum Gasteiger partial charge on any atom is -0.379 e. The van der Waals surface area contributed by atoms with Crippen LogP contribution in [-0.4, -0.2) is 46.2 Å². The molecule has 2 aromatic rings. The van der Waals surface area contributed by atoms with Crippen LogP contribution >= 0.6 is 0 Å². The molecule has 1 aliphatic heterocycles. The van der Waals surface area contributed by atoms with Crippen LogP contribution in [0.15, 0.2) is 24.3 Å². The van der Waals surface area contributed by atoms with Crippen LogP contribution in [0, 0.1) is 11.8 Å². The van der Waals surface area contributed by atoms with Crippen LogP contribution in [-0.2, 0) is 10.4 Å². The Balaban J connectivity index is 1.84. The van der Waals surface area contributed by atoms with E-state index in [2.05, 4.69) is 51.9 Å². The predicted molar refractivity (Wildman–Crippen MR) is 90.1 cm³/mol. The van der Waals surface area contributed by atoms with Crippen LogP contribution in [0.1, 0.15) is 33.1 Å². The van der Waals surface area contributed by atoms with E-state index in [0.29, 0.717) is 11.8 Å². The summed E-state index contributed by atoms with van der Waals surface area (Å²) in [5.74, 6) is 1.40. The second-order valence-corrected chi connectivity index (χ2v) is 7.43. The average molecular weight is 314 g/mol. The van der Waals surface area contributed by atoms with E-state index in [-0.39, 0.29) is 5.66 Å². The van der Waals surface area contributed by atoms with Gasteiger partial charge in [0.2, 0.25) is 0 Å². The molecule has 1 aromatic carbocycles. The highest BCUT2D eigenvalue weighted by Crippen LogP contribution is 2.44. The Morgan fingerprint density at radius 1 is 1.09 bits per heavy atom. The van der Waals surface area contributed by atoms with Crippen molar-refractivity contribution in [1.82, 2.24) is 19.9 Å². The Labute approximate surface area is 137 Å². The van der Waals surface area contributed by atoms with Gasteiger partial charge in [-0.2, -0.15) is 0 Å². The molecule has 2 unspecified atom stereocenters. The first-order valence-electron chi connectivity index (χ1n) is 8.83. The number of benzene rings is 1. The van der Waals surface area contributed by atoms with Crippen LogP contribution in [0.5, 0.6) is 0 Å². The van der Waals surface area contributed by atoms with E-state index in [9.17, 15) is 0 Å². The smallest absolute Gasteiger partial charge is 0.118 e. The van der Waals surface area contributed by atoms with E-state index < -0.39 is 0 Å². The van der Waals surface area contributed by atoms with Gasteiger partial charge in [-0.15, -0.1) is 5.10 Å². The van der Waals surface area contributed by atoms with Crippen molar-refractivity contribution in [2.75, 3.05) is 26.3 Å². The maximum atomic E-state index is 5.61. The molecule has 23 heavy (non-hydrogen) atoms. The van der Waals surface area contributed by atoms with E-state index in [1.165, 1.54) is 6.42 Å². The third-order valence-corrected chi connectivity index (χ3v) is 5.50. The van der Waals surface area contributed by atoms with Gasteiger partial charge in [0.25, 0.3) is 0 Å². The SMILES string of the molecule is CC1CC(C)CC(N2CCOCC2)(n2nnc3ccccc32)C1. The number of para-hydroxylation sites is 1. The van der Waals surface area contributed by atoms with Crippen molar-refractivity contribution in [2.24, 2.45) is 11.8 Å². The van der Waals surface area contributed by atoms with Crippen molar-refractivity contribution >= 4 is 11.0 Å². The summed E-state index contributed by atoms with van der Waals surface area (Å²) >= 11 is 0. The minimum atomic E-state index is -0.0586. The lowest BCUT2D eigenvalue weighted by Gasteiger charge is -2.51. The molecule has 2 atom stereocenters. The first-order chi connectivity index (χ1) is 11.2. The van der Waals surface area contributed by atoms with Gasteiger partial charge in [0.05, 0.1) is 18.7 Å². The van der Waals surface area contributed by atoms with Gasteiger partial charge in [0.15, 0.2) is 0 Å². The molecule has 2 fully saturated rings. The molecular weight excluding hydrogens is 288 g/mol. The number of hydrogen-bond acceptors (Lipinski definition) is 4. The number of aromatic nitrogens is 3. The zero-order valence-corrected chi connectivity index (χ0v) is 14.1. The van der Waals surface area contributed by atoms with Crippen molar-refractivity contribution < 1.29 is 4.74 Å². The molecule has 4 rings (SSSR count). The van der Waals surface area contributed by atoms with E-state index in [4.69, 9.17) is 4.74 Å². The van der Waals surface area contributed by atoms with E-state index in [0.717, 1.165) is 50.2 Å². The van der Waals surface area contributed by atoms with Crippen molar-refractivity contribution in [3.8, 4) is 0 Å². The Kier molecular flexibility index (Phi) is 3.85. The molecule has 2 heterocycles. The van der Waals surface area contributed by atoms with Gasteiger partial charge in [-0.05, 0) is 43.2 Å². The van der Waals surface area contributed by atoms with E-state index in [1.807, 2.05) is 6.07 Å². The van der Waals surface area contributed by atoms with Gasteiger partial charge in [-0.1, -0.05) is 31.2 Å². The van der Waals surface area contributed by atoms with Gasteiger partial charge in [0, 0.05) is 13.1 Å². The number of morpholine rings is 1. The molecule has 0 radical (unpaired) electrons. The molecule has 1 aromatic heterocycles. The van der Waals surface area contributed by atoms with Crippen molar-refractivity contribution in [2.45, 2.75) is 38.8 Å². The molecule has 1 saturated heterocycles. The molecule has 2 aliphatic rings. The third kappa shape index (κ3) is 2.56. The lowest BCUT2D eigenvalue weighted by Crippen LogP contribution is -2.58. The Bertz CT molecular complexity index is 666. The Morgan fingerprint density at radius 3 is 2.52 bits per heavy atom. The van der Waals surface area contributed by atoms with Crippen LogP contribution < -0.4 is 0 Å². The molecular formula is C18H26N4O. The fraction of sp³-hybridized carbons (Fsp3) is 0.667. The van der Waals surface area contributed by atoms with Gasteiger partial charge in [-0.3, -0.25) is 4.90 Å². The Morgan fingerprint density at radius 2 is 1.78 bits per heavy atom. The molecule has 0 spiro atoms. The molecule has 1 saturated carbocycles. The maximum Gasteiger partial charge on any atom is 0.118 e. The largest absolute Gasteiger partial charge is 0.379 e. The zero-order valence-electron chi connectivity index (χ0n) is 14.1.